The number of ether oxygens (including phenoxy) is 1. The van der Waals surface area contributed by atoms with Crippen LogP contribution in [0.15, 0.2) is 12.1 Å². The summed E-state index contributed by atoms with van der Waals surface area (Å²) in [6.45, 7) is 5.06. The van der Waals surface area contributed by atoms with Gasteiger partial charge < -0.3 is 9.64 Å². The van der Waals surface area contributed by atoms with Crippen LogP contribution in [0.4, 0.5) is 5.69 Å². The molecule has 0 radical (unpaired) electrons. The maximum atomic E-state index is 11.9. The number of nitrogens with zero attached hydrogens (tertiary/aromatic N) is 2. The van der Waals surface area contributed by atoms with Crippen molar-refractivity contribution in [2.45, 2.75) is 26.7 Å². The third kappa shape index (κ3) is 3.07. The Balaban J connectivity index is 2.05. The molecule has 0 spiro atoms. The largest absolute Gasteiger partial charge is 0.483 e. The van der Waals surface area contributed by atoms with Crippen molar-refractivity contribution in [2.75, 3.05) is 19.7 Å². The molecule has 1 aromatic rings. The summed E-state index contributed by atoms with van der Waals surface area (Å²) in [4.78, 5) is 24.0. The lowest BCUT2D eigenvalue weighted by molar-refractivity contribution is -0.385. The molecule has 1 fully saturated rings. The zero-order valence-corrected chi connectivity index (χ0v) is 11.7. The first-order chi connectivity index (χ1) is 9.49. The highest BCUT2D eigenvalue weighted by molar-refractivity contribution is 5.78. The summed E-state index contributed by atoms with van der Waals surface area (Å²) in [6, 6.07) is 2.92. The highest BCUT2D eigenvalue weighted by atomic mass is 16.6. The van der Waals surface area contributed by atoms with E-state index in [2.05, 4.69) is 0 Å². The molecule has 20 heavy (non-hydrogen) atoms. The Morgan fingerprint density at radius 3 is 2.35 bits per heavy atom. The van der Waals surface area contributed by atoms with E-state index in [1.54, 1.807) is 18.7 Å². The molecule has 0 unspecified atom stereocenters. The quantitative estimate of drug-likeness (QED) is 0.625. The van der Waals surface area contributed by atoms with E-state index in [0.717, 1.165) is 25.9 Å². The summed E-state index contributed by atoms with van der Waals surface area (Å²) in [6.07, 6.45) is 2.09. The first-order valence-electron chi connectivity index (χ1n) is 6.65. The molecule has 0 saturated carbocycles. The van der Waals surface area contributed by atoms with Gasteiger partial charge in [-0.05, 0) is 37.8 Å². The molecule has 6 heteroatoms. The Hall–Kier alpha value is -2.11. The SMILES string of the molecule is Cc1cc([N+](=O)[O-])cc(C)c1OCC(=O)N1CCCC1. The summed E-state index contributed by atoms with van der Waals surface area (Å²) in [5, 5.41) is 10.8. The Morgan fingerprint density at radius 2 is 1.85 bits per heavy atom. The minimum Gasteiger partial charge on any atom is -0.483 e. The second-order valence-electron chi connectivity index (χ2n) is 5.04. The minimum atomic E-state index is -0.431. The highest BCUT2D eigenvalue weighted by Crippen LogP contribution is 2.28. The molecule has 108 valence electrons. The molecule has 2 rings (SSSR count). The van der Waals surface area contributed by atoms with Gasteiger partial charge in [0, 0.05) is 25.2 Å². The van der Waals surface area contributed by atoms with Gasteiger partial charge in [-0.2, -0.15) is 0 Å². The fraction of sp³-hybridized carbons (Fsp3) is 0.500. The van der Waals surface area contributed by atoms with Gasteiger partial charge in [0.15, 0.2) is 6.61 Å². The van der Waals surface area contributed by atoms with Crippen molar-refractivity contribution in [3.05, 3.63) is 33.4 Å². The van der Waals surface area contributed by atoms with Crippen molar-refractivity contribution < 1.29 is 14.5 Å². The lowest BCUT2D eigenvalue weighted by Crippen LogP contribution is -2.32. The second kappa shape index (κ2) is 5.90. The van der Waals surface area contributed by atoms with Crippen molar-refractivity contribution in [3.8, 4) is 5.75 Å². The van der Waals surface area contributed by atoms with Crippen LogP contribution in [0.3, 0.4) is 0 Å². The smallest absolute Gasteiger partial charge is 0.270 e. The van der Waals surface area contributed by atoms with Gasteiger partial charge in [-0.15, -0.1) is 0 Å². The molecule has 0 atom stereocenters. The van der Waals surface area contributed by atoms with Gasteiger partial charge in [-0.1, -0.05) is 0 Å². The number of hydrogen-bond donors (Lipinski definition) is 0. The van der Waals surface area contributed by atoms with E-state index in [1.165, 1.54) is 12.1 Å². The lowest BCUT2D eigenvalue weighted by Gasteiger charge is -2.17. The van der Waals surface area contributed by atoms with E-state index in [1.807, 2.05) is 0 Å². The van der Waals surface area contributed by atoms with Gasteiger partial charge >= 0.3 is 0 Å². The molecule has 1 amide bonds. The van der Waals surface area contributed by atoms with Gasteiger partial charge in [0.05, 0.1) is 4.92 Å². The van der Waals surface area contributed by atoms with Gasteiger partial charge in [0.2, 0.25) is 0 Å². The van der Waals surface area contributed by atoms with E-state index < -0.39 is 4.92 Å². The lowest BCUT2D eigenvalue weighted by atomic mass is 10.1. The van der Waals surface area contributed by atoms with Gasteiger partial charge in [-0.3, -0.25) is 14.9 Å². The summed E-state index contributed by atoms with van der Waals surface area (Å²) in [5.74, 6) is 0.530. The number of likely N-dealkylation sites (tertiary alicyclic amines) is 1. The van der Waals surface area contributed by atoms with Crippen LogP contribution < -0.4 is 4.74 Å². The Kier molecular flexibility index (Phi) is 4.22. The number of hydrogen-bond acceptors (Lipinski definition) is 4. The van der Waals surface area contributed by atoms with Crippen molar-refractivity contribution in [1.29, 1.82) is 0 Å². The van der Waals surface area contributed by atoms with Crippen LogP contribution in [0.5, 0.6) is 5.75 Å². The Labute approximate surface area is 117 Å². The summed E-state index contributed by atoms with van der Waals surface area (Å²) >= 11 is 0. The van der Waals surface area contributed by atoms with Crippen molar-refractivity contribution in [1.82, 2.24) is 4.90 Å². The number of amides is 1. The van der Waals surface area contributed by atoms with Crippen LogP contribution in [-0.2, 0) is 4.79 Å². The number of nitro groups is 1. The number of aryl methyl sites for hydroxylation is 2. The number of nitro benzene ring substituents is 1. The first-order valence-corrected chi connectivity index (χ1v) is 6.65. The number of rotatable bonds is 4. The zero-order valence-electron chi connectivity index (χ0n) is 11.7. The minimum absolute atomic E-state index is 0.0144. The third-order valence-corrected chi connectivity index (χ3v) is 3.45. The predicted octanol–water partition coefficient (Wildman–Crippen LogP) is 2.21. The average Bonchev–Trinajstić information content (AvgIpc) is 2.91. The fourth-order valence-electron chi connectivity index (χ4n) is 2.45. The molecule has 1 aromatic carbocycles. The molecule has 1 aliphatic rings. The van der Waals surface area contributed by atoms with Crippen LogP contribution in [0, 0.1) is 24.0 Å². The van der Waals surface area contributed by atoms with Crippen LogP contribution in [0.2, 0.25) is 0 Å². The molecular weight excluding hydrogens is 260 g/mol. The van der Waals surface area contributed by atoms with Gasteiger partial charge in [-0.25, -0.2) is 0 Å². The normalized spacial score (nSPS) is 14.4. The maximum absolute atomic E-state index is 11.9. The second-order valence-corrected chi connectivity index (χ2v) is 5.04. The van der Waals surface area contributed by atoms with Crippen molar-refractivity contribution in [2.24, 2.45) is 0 Å². The molecular formula is C14H18N2O4. The standard InChI is InChI=1S/C14H18N2O4/c1-10-7-12(16(18)19)8-11(2)14(10)20-9-13(17)15-5-3-4-6-15/h7-8H,3-6,9H2,1-2H3. The van der Waals surface area contributed by atoms with E-state index in [9.17, 15) is 14.9 Å². The highest BCUT2D eigenvalue weighted by Gasteiger charge is 2.19. The maximum Gasteiger partial charge on any atom is 0.270 e. The molecule has 1 saturated heterocycles. The van der Waals surface area contributed by atoms with Crippen LogP contribution >= 0.6 is 0 Å². The van der Waals surface area contributed by atoms with Crippen LogP contribution in [-0.4, -0.2) is 35.4 Å². The summed E-state index contributed by atoms with van der Waals surface area (Å²) in [7, 11) is 0. The molecule has 0 bridgehead atoms. The van der Waals surface area contributed by atoms with Crippen LogP contribution in [0.1, 0.15) is 24.0 Å². The zero-order chi connectivity index (χ0) is 14.7. The van der Waals surface area contributed by atoms with E-state index >= 15 is 0 Å². The first kappa shape index (κ1) is 14.3. The number of non-ortho nitro benzene ring substituents is 1. The van der Waals surface area contributed by atoms with Crippen molar-refractivity contribution in [3.63, 3.8) is 0 Å². The number of carbonyl (C=O) groups excluding carboxylic acids is 1. The predicted molar refractivity (Wildman–Crippen MR) is 73.9 cm³/mol. The summed E-state index contributed by atoms with van der Waals surface area (Å²) in [5.41, 5.74) is 1.38. The van der Waals surface area contributed by atoms with Crippen molar-refractivity contribution >= 4 is 11.6 Å². The van der Waals surface area contributed by atoms with Gasteiger partial charge in [0.25, 0.3) is 11.6 Å². The molecule has 0 aliphatic carbocycles. The Morgan fingerprint density at radius 1 is 1.30 bits per heavy atom. The third-order valence-electron chi connectivity index (χ3n) is 3.45. The van der Waals surface area contributed by atoms with E-state index in [-0.39, 0.29) is 18.2 Å². The van der Waals surface area contributed by atoms with E-state index in [4.69, 9.17) is 4.74 Å². The van der Waals surface area contributed by atoms with Gasteiger partial charge in [0.1, 0.15) is 5.75 Å². The molecule has 6 nitrogen and oxygen atoms in total. The Bertz CT molecular complexity index is 513. The monoisotopic (exact) mass is 278 g/mol. The topological polar surface area (TPSA) is 72.7 Å². The van der Waals surface area contributed by atoms with Crippen LogP contribution in [0.25, 0.3) is 0 Å². The van der Waals surface area contributed by atoms with E-state index in [0.29, 0.717) is 16.9 Å². The average molecular weight is 278 g/mol. The molecule has 0 N–H and O–H groups in total. The number of carbonyl (C=O) groups is 1. The number of benzene rings is 1. The molecule has 0 aromatic heterocycles. The summed E-state index contributed by atoms with van der Waals surface area (Å²) < 4.78 is 5.56. The fourth-order valence-corrected chi connectivity index (χ4v) is 2.45. The molecule has 1 heterocycles. The molecule has 1 aliphatic heterocycles.